The zero-order valence-corrected chi connectivity index (χ0v) is 17.5. The van der Waals surface area contributed by atoms with Crippen LogP contribution in [0, 0.1) is 23.4 Å². The number of ether oxygens (including phenoxy) is 2. The van der Waals surface area contributed by atoms with E-state index in [2.05, 4.69) is 6.92 Å². The molecule has 2 aromatic rings. The van der Waals surface area contributed by atoms with Crippen LogP contribution in [0.3, 0.4) is 0 Å². The fourth-order valence-corrected chi connectivity index (χ4v) is 3.79. The topological polar surface area (TPSA) is 58.6 Å². The zero-order valence-electron chi connectivity index (χ0n) is 17.5. The molecule has 0 heterocycles. The van der Waals surface area contributed by atoms with Gasteiger partial charge >= 0.3 is 0 Å². The molecule has 0 amide bonds. The lowest BCUT2D eigenvalue weighted by atomic mass is 9.88. The third-order valence-electron chi connectivity index (χ3n) is 5.66. The second-order valence-electron chi connectivity index (χ2n) is 7.90. The Morgan fingerprint density at radius 3 is 2.45 bits per heavy atom. The van der Waals surface area contributed by atoms with E-state index in [0.717, 1.165) is 63.3 Å². The van der Waals surface area contributed by atoms with Crippen LogP contribution in [0.2, 0.25) is 0 Å². The Hall–Kier alpha value is -2.54. The number of carbonyl (C=O) groups excluding carboxylic acids is 1. The van der Waals surface area contributed by atoms with Gasteiger partial charge in [0.25, 0.3) is 0 Å². The SMILES string of the molecule is CCCCOC1CCC(COc2ccc(C(=O)[O-])cc2-c2ccc(F)c(F)c2F)CC1. The maximum Gasteiger partial charge on any atom is 0.195 e. The molecule has 31 heavy (non-hydrogen) atoms. The van der Waals surface area contributed by atoms with Crippen LogP contribution in [0.5, 0.6) is 5.75 Å². The summed E-state index contributed by atoms with van der Waals surface area (Å²) in [4.78, 5) is 11.2. The van der Waals surface area contributed by atoms with Crippen molar-refractivity contribution >= 4 is 5.97 Å². The number of carboxylic acid groups (broad SMARTS) is 1. The summed E-state index contributed by atoms with van der Waals surface area (Å²) in [6.45, 7) is 3.25. The van der Waals surface area contributed by atoms with Crippen LogP contribution < -0.4 is 9.84 Å². The number of carboxylic acids is 1. The van der Waals surface area contributed by atoms with Gasteiger partial charge in [0.05, 0.1) is 18.7 Å². The standard InChI is InChI=1S/C24H27F3O4/c1-2-3-12-30-17-7-4-15(5-8-17)14-31-21-11-6-16(24(28)29)13-19(21)18-9-10-20(25)23(27)22(18)26/h6,9-11,13,15,17H,2-5,7-8,12,14H2,1H3,(H,28,29)/p-1. The van der Waals surface area contributed by atoms with E-state index in [1.807, 2.05) is 0 Å². The molecule has 4 nitrogen and oxygen atoms in total. The first-order valence-corrected chi connectivity index (χ1v) is 10.6. The van der Waals surface area contributed by atoms with Crippen LogP contribution in [0.15, 0.2) is 30.3 Å². The van der Waals surface area contributed by atoms with Crippen molar-refractivity contribution in [3.8, 4) is 16.9 Å². The van der Waals surface area contributed by atoms with E-state index in [1.54, 1.807) is 0 Å². The lowest BCUT2D eigenvalue weighted by molar-refractivity contribution is -0.255. The van der Waals surface area contributed by atoms with Gasteiger partial charge in [-0.25, -0.2) is 13.2 Å². The minimum Gasteiger partial charge on any atom is -0.545 e. The molecule has 0 bridgehead atoms. The predicted molar refractivity (Wildman–Crippen MR) is 108 cm³/mol. The number of carbonyl (C=O) groups is 1. The van der Waals surface area contributed by atoms with E-state index in [-0.39, 0.29) is 34.5 Å². The summed E-state index contributed by atoms with van der Waals surface area (Å²) < 4.78 is 53.2. The first-order valence-electron chi connectivity index (χ1n) is 10.6. The molecule has 168 valence electrons. The van der Waals surface area contributed by atoms with Gasteiger partial charge in [0, 0.05) is 17.7 Å². The molecule has 7 heteroatoms. The summed E-state index contributed by atoms with van der Waals surface area (Å²) in [7, 11) is 0. The van der Waals surface area contributed by atoms with E-state index in [9.17, 15) is 23.1 Å². The van der Waals surface area contributed by atoms with Crippen LogP contribution in [0.4, 0.5) is 13.2 Å². The first kappa shape index (κ1) is 23.1. The van der Waals surface area contributed by atoms with E-state index in [1.165, 1.54) is 12.1 Å². The Labute approximate surface area is 180 Å². The largest absolute Gasteiger partial charge is 0.545 e. The fraction of sp³-hybridized carbons (Fsp3) is 0.458. The monoisotopic (exact) mass is 435 g/mol. The molecule has 0 spiro atoms. The number of benzene rings is 2. The molecule has 3 rings (SSSR count). The van der Waals surface area contributed by atoms with Gasteiger partial charge in [0.15, 0.2) is 17.5 Å². The van der Waals surface area contributed by atoms with E-state index in [0.29, 0.717) is 6.61 Å². The normalized spacial score (nSPS) is 18.7. The quantitative estimate of drug-likeness (QED) is 0.416. The minimum absolute atomic E-state index is 0.0367. The maximum absolute atomic E-state index is 14.4. The van der Waals surface area contributed by atoms with Crippen molar-refractivity contribution in [3.63, 3.8) is 0 Å². The van der Waals surface area contributed by atoms with E-state index >= 15 is 0 Å². The van der Waals surface area contributed by atoms with Gasteiger partial charge in [0.1, 0.15) is 5.75 Å². The molecule has 0 unspecified atom stereocenters. The van der Waals surface area contributed by atoms with Gasteiger partial charge in [-0.3, -0.25) is 0 Å². The van der Waals surface area contributed by atoms with Gasteiger partial charge < -0.3 is 19.4 Å². The lowest BCUT2D eigenvalue weighted by Crippen LogP contribution is -2.25. The zero-order chi connectivity index (χ0) is 22.4. The number of hydrogen-bond acceptors (Lipinski definition) is 4. The van der Waals surface area contributed by atoms with Crippen molar-refractivity contribution in [2.24, 2.45) is 5.92 Å². The van der Waals surface area contributed by atoms with Crippen molar-refractivity contribution in [1.29, 1.82) is 0 Å². The molecule has 0 saturated heterocycles. The summed E-state index contributed by atoms with van der Waals surface area (Å²) in [6.07, 6.45) is 6.12. The highest BCUT2D eigenvalue weighted by atomic mass is 19.2. The van der Waals surface area contributed by atoms with E-state index < -0.39 is 23.4 Å². The second-order valence-corrected chi connectivity index (χ2v) is 7.90. The van der Waals surface area contributed by atoms with Gasteiger partial charge in [-0.2, -0.15) is 0 Å². The molecule has 2 aromatic carbocycles. The highest BCUT2D eigenvalue weighted by Crippen LogP contribution is 2.35. The van der Waals surface area contributed by atoms with Crippen LogP contribution in [-0.4, -0.2) is 25.3 Å². The molecule has 0 aliphatic heterocycles. The Bertz CT molecular complexity index is 908. The molecule has 1 aliphatic rings. The van der Waals surface area contributed by atoms with Crippen molar-refractivity contribution in [2.45, 2.75) is 51.6 Å². The maximum atomic E-state index is 14.4. The van der Waals surface area contributed by atoms with Gasteiger partial charge in [-0.15, -0.1) is 0 Å². The molecule has 0 radical (unpaired) electrons. The second kappa shape index (κ2) is 10.7. The molecule has 1 fully saturated rings. The van der Waals surface area contributed by atoms with Crippen LogP contribution in [0.25, 0.3) is 11.1 Å². The Kier molecular flexibility index (Phi) is 7.96. The third-order valence-corrected chi connectivity index (χ3v) is 5.66. The highest BCUT2D eigenvalue weighted by Gasteiger charge is 2.23. The minimum atomic E-state index is -1.62. The molecule has 1 saturated carbocycles. The third kappa shape index (κ3) is 5.79. The van der Waals surface area contributed by atoms with Gasteiger partial charge in [-0.05, 0) is 73.9 Å². The average Bonchev–Trinajstić information content (AvgIpc) is 2.77. The van der Waals surface area contributed by atoms with Gasteiger partial charge in [0.2, 0.25) is 0 Å². The number of halogens is 3. The molecule has 0 aromatic heterocycles. The van der Waals surface area contributed by atoms with Crippen molar-refractivity contribution < 1.29 is 32.5 Å². The van der Waals surface area contributed by atoms with Crippen molar-refractivity contribution in [2.75, 3.05) is 13.2 Å². The highest BCUT2D eigenvalue weighted by molar-refractivity contribution is 5.89. The summed E-state index contributed by atoms with van der Waals surface area (Å²) >= 11 is 0. The number of unbranched alkanes of at least 4 members (excludes halogenated alkanes) is 1. The molecule has 1 aliphatic carbocycles. The van der Waals surface area contributed by atoms with Gasteiger partial charge in [-0.1, -0.05) is 13.3 Å². The van der Waals surface area contributed by atoms with E-state index in [4.69, 9.17) is 9.47 Å². The first-order chi connectivity index (χ1) is 14.9. The molecule has 0 atom stereocenters. The smallest absolute Gasteiger partial charge is 0.195 e. The van der Waals surface area contributed by atoms with Crippen molar-refractivity contribution in [3.05, 3.63) is 53.3 Å². The summed E-state index contributed by atoms with van der Waals surface area (Å²) in [5.74, 6) is -5.32. The summed E-state index contributed by atoms with van der Waals surface area (Å²) in [5, 5.41) is 11.2. The number of hydrogen-bond donors (Lipinski definition) is 0. The Morgan fingerprint density at radius 2 is 1.77 bits per heavy atom. The van der Waals surface area contributed by atoms with Crippen molar-refractivity contribution in [1.82, 2.24) is 0 Å². The fourth-order valence-electron chi connectivity index (χ4n) is 3.79. The number of aromatic carboxylic acids is 1. The summed E-state index contributed by atoms with van der Waals surface area (Å²) in [6, 6.07) is 5.68. The van der Waals surface area contributed by atoms with Crippen LogP contribution in [-0.2, 0) is 4.74 Å². The average molecular weight is 435 g/mol. The Morgan fingerprint density at radius 1 is 1.03 bits per heavy atom. The lowest BCUT2D eigenvalue weighted by Gasteiger charge is -2.28. The van der Waals surface area contributed by atoms with Crippen LogP contribution >= 0.6 is 0 Å². The molecular weight excluding hydrogens is 409 g/mol. The number of rotatable bonds is 9. The molecule has 0 N–H and O–H groups in total. The predicted octanol–water partition coefficient (Wildman–Crippen LogP) is 4.89. The molecular formula is C24H26F3O4-. The Balaban J connectivity index is 1.72. The summed E-state index contributed by atoms with van der Waals surface area (Å²) in [5.41, 5.74) is -0.448. The van der Waals surface area contributed by atoms with Crippen LogP contribution in [0.1, 0.15) is 55.8 Å².